The van der Waals surface area contributed by atoms with Crippen LogP contribution in [0.25, 0.3) is 0 Å². The molecule has 1 aliphatic carbocycles. The Morgan fingerprint density at radius 1 is 1.36 bits per heavy atom. The number of aliphatic hydroxyl groups excluding tert-OH is 1. The molecule has 0 spiro atoms. The highest BCUT2D eigenvalue weighted by Crippen LogP contribution is 2.23. The summed E-state index contributed by atoms with van der Waals surface area (Å²) in [5.41, 5.74) is 0.908. The van der Waals surface area contributed by atoms with E-state index in [2.05, 4.69) is 5.32 Å². The van der Waals surface area contributed by atoms with Crippen molar-refractivity contribution < 1.29 is 14.6 Å². The van der Waals surface area contributed by atoms with Gasteiger partial charge in [0.2, 0.25) is 5.91 Å². The molecule has 2 N–H and O–H groups in total. The van der Waals surface area contributed by atoms with Gasteiger partial charge in [0, 0.05) is 6.54 Å². The summed E-state index contributed by atoms with van der Waals surface area (Å²) in [7, 11) is 0. The van der Waals surface area contributed by atoms with Crippen molar-refractivity contribution in [1.82, 2.24) is 5.32 Å². The minimum Gasteiger partial charge on any atom is -0.479 e. The predicted octanol–water partition coefficient (Wildman–Crippen LogP) is 1.80. The van der Waals surface area contributed by atoms with Crippen LogP contribution >= 0.6 is 0 Å². The zero-order valence-electron chi connectivity index (χ0n) is 12.6. The largest absolute Gasteiger partial charge is 0.479 e. The molecule has 0 aromatic heterocycles. The molecule has 1 aliphatic rings. The second kappa shape index (κ2) is 8.40. The molecule has 0 radical (unpaired) electrons. The van der Waals surface area contributed by atoms with Crippen LogP contribution in [0.3, 0.4) is 0 Å². The SMILES string of the molecule is N#CCOc1ccc(CC(=O)NCC2CCCC(O)C2)cc1. The number of amides is 1. The third-order valence-electron chi connectivity index (χ3n) is 3.93. The molecule has 22 heavy (non-hydrogen) atoms. The monoisotopic (exact) mass is 302 g/mol. The molecule has 1 amide bonds. The summed E-state index contributed by atoms with van der Waals surface area (Å²) in [5.74, 6) is 1.00. The van der Waals surface area contributed by atoms with Crippen molar-refractivity contribution in [1.29, 1.82) is 5.26 Å². The molecule has 2 unspecified atom stereocenters. The van der Waals surface area contributed by atoms with E-state index in [9.17, 15) is 9.90 Å². The van der Waals surface area contributed by atoms with Crippen molar-refractivity contribution in [2.45, 2.75) is 38.2 Å². The zero-order chi connectivity index (χ0) is 15.8. The lowest BCUT2D eigenvalue weighted by atomic mass is 9.87. The van der Waals surface area contributed by atoms with Crippen molar-refractivity contribution in [2.24, 2.45) is 5.92 Å². The summed E-state index contributed by atoms with van der Waals surface area (Å²) in [5, 5.41) is 21.0. The molecular formula is C17H22N2O3. The fourth-order valence-corrected chi connectivity index (χ4v) is 2.77. The van der Waals surface area contributed by atoms with E-state index in [0.717, 1.165) is 31.2 Å². The lowest BCUT2D eigenvalue weighted by molar-refractivity contribution is -0.120. The Bertz CT molecular complexity index is 522. The number of carbonyl (C=O) groups is 1. The van der Waals surface area contributed by atoms with Gasteiger partial charge in [-0.3, -0.25) is 4.79 Å². The van der Waals surface area contributed by atoms with Crippen LogP contribution in [0.15, 0.2) is 24.3 Å². The number of benzene rings is 1. The van der Waals surface area contributed by atoms with Crippen LogP contribution in [0.2, 0.25) is 0 Å². The molecule has 2 rings (SSSR count). The van der Waals surface area contributed by atoms with E-state index in [-0.39, 0.29) is 18.6 Å². The summed E-state index contributed by atoms with van der Waals surface area (Å²) in [6.07, 6.45) is 3.88. The fraction of sp³-hybridized carbons (Fsp3) is 0.529. The molecule has 0 bridgehead atoms. The maximum absolute atomic E-state index is 11.9. The highest BCUT2D eigenvalue weighted by atomic mass is 16.5. The average Bonchev–Trinajstić information content (AvgIpc) is 2.52. The third kappa shape index (κ3) is 5.38. The van der Waals surface area contributed by atoms with E-state index in [4.69, 9.17) is 10.00 Å². The van der Waals surface area contributed by atoms with E-state index in [1.165, 1.54) is 0 Å². The molecule has 0 heterocycles. The van der Waals surface area contributed by atoms with Gasteiger partial charge in [0.25, 0.3) is 0 Å². The first-order valence-corrected chi connectivity index (χ1v) is 7.71. The number of hydrogen-bond acceptors (Lipinski definition) is 4. The van der Waals surface area contributed by atoms with Crippen molar-refractivity contribution in [3.8, 4) is 11.8 Å². The number of nitrogens with zero attached hydrogens (tertiary/aromatic N) is 1. The second-order valence-corrected chi connectivity index (χ2v) is 5.76. The first-order valence-electron chi connectivity index (χ1n) is 7.71. The molecule has 0 saturated heterocycles. The topological polar surface area (TPSA) is 82.3 Å². The van der Waals surface area contributed by atoms with E-state index < -0.39 is 0 Å². The Morgan fingerprint density at radius 3 is 2.82 bits per heavy atom. The van der Waals surface area contributed by atoms with Crippen LogP contribution in [0.4, 0.5) is 0 Å². The standard InChI is InChI=1S/C17H22N2O3/c18-8-9-22-16-6-4-13(5-7-16)11-17(21)19-12-14-2-1-3-15(20)10-14/h4-7,14-15,20H,1-3,9-12H2,(H,19,21). The highest BCUT2D eigenvalue weighted by molar-refractivity contribution is 5.78. The normalized spacial score (nSPS) is 20.9. The third-order valence-corrected chi connectivity index (χ3v) is 3.93. The maximum Gasteiger partial charge on any atom is 0.224 e. The Hall–Kier alpha value is -2.06. The van der Waals surface area contributed by atoms with Gasteiger partial charge in [0.05, 0.1) is 12.5 Å². The predicted molar refractivity (Wildman–Crippen MR) is 82.2 cm³/mol. The highest BCUT2D eigenvalue weighted by Gasteiger charge is 2.20. The van der Waals surface area contributed by atoms with Crippen LogP contribution in [-0.2, 0) is 11.2 Å². The summed E-state index contributed by atoms with van der Waals surface area (Å²) in [6.45, 7) is 0.659. The first-order chi connectivity index (χ1) is 10.7. The first kappa shape index (κ1) is 16.3. The van der Waals surface area contributed by atoms with Gasteiger partial charge < -0.3 is 15.2 Å². The second-order valence-electron chi connectivity index (χ2n) is 5.76. The Kier molecular flexibility index (Phi) is 6.23. The summed E-state index contributed by atoms with van der Waals surface area (Å²) in [4.78, 5) is 11.9. The van der Waals surface area contributed by atoms with E-state index >= 15 is 0 Å². The molecule has 1 fully saturated rings. The van der Waals surface area contributed by atoms with E-state index in [1.54, 1.807) is 12.1 Å². The minimum absolute atomic E-state index is 0.00856. The zero-order valence-corrected chi connectivity index (χ0v) is 12.6. The number of rotatable bonds is 6. The van der Waals surface area contributed by atoms with Gasteiger partial charge in [-0.05, 0) is 42.9 Å². The minimum atomic E-state index is -0.211. The molecule has 1 saturated carbocycles. The van der Waals surface area contributed by atoms with Crippen LogP contribution in [0.5, 0.6) is 5.75 Å². The van der Waals surface area contributed by atoms with Crippen LogP contribution < -0.4 is 10.1 Å². The molecule has 0 aliphatic heterocycles. The number of nitrogens with one attached hydrogen (secondary N) is 1. The van der Waals surface area contributed by atoms with Crippen molar-refractivity contribution in [3.05, 3.63) is 29.8 Å². The molecule has 5 heteroatoms. The number of aliphatic hydroxyl groups is 1. The van der Waals surface area contributed by atoms with Crippen molar-refractivity contribution >= 4 is 5.91 Å². The number of ether oxygens (including phenoxy) is 1. The maximum atomic E-state index is 11.9. The molecule has 118 valence electrons. The molecule has 2 atom stereocenters. The van der Waals surface area contributed by atoms with Gasteiger partial charge >= 0.3 is 0 Å². The molecule has 5 nitrogen and oxygen atoms in total. The number of nitriles is 1. The lowest BCUT2D eigenvalue weighted by Gasteiger charge is -2.25. The van der Waals surface area contributed by atoms with Gasteiger partial charge in [0.1, 0.15) is 11.8 Å². The van der Waals surface area contributed by atoms with Gasteiger partial charge in [0.15, 0.2) is 6.61 Å². The van der Waals surface area contributed by atoms with Crippen LogP contribution in [0.1, 0.15) is 31.2 Å². The van der Waals surface area contributed by atoms with Crippen molar-refractivity contribution in [3.63, 3.8) is 0 Å². The Balaban J connectivity index is 1.73. The van der Waals surface area contributed by atoms with Crippen LogP contribution in [0, 0.1) is 17.2 Å². The van der Waals surface area contributed by atoms with Crippen molar-refractivity contribution in [2.75, 3.05) is 13.2 Å². The van der Waals surface area contributed by atoms with Gasteiger partial charge in [-0.25, -0.2) is 0 Å². The molecule has 1 aromatic rings. The summed E-state index contributed by atoms with van der Waals surface area (Å²) >= 11 is 0. The number of hydrogen-bond donors (Lipinski definition) is 2. The Labute approximate surface area is 130 Å². The van der Waals surface area contributed by atoms with E-state index in [1.807, 2.05) is 18.2 Å². The summed E-state index contributed by atoms with van der Waals surface area (Å²) in [6, 6.07) is 9.09. The van der Waals surface area contributed by atoms with Gasteiger partial charge in [-0.15, -0.1) is 0 Å². The number of carbonyl (C=O) groups excluding carboxylic acids is 1. The van der Waals surface area contributed by atoms with Gasteiger partial charge in [-0.1, -0.05) is 18.6 Å². The quantitative estimate of drug-likeness (QED) is 0.839. The average molecular weight is 302 g/mol. The fourth-order valence-electron chi connectivity index (χ4n) is 2.77. The smallest absolute Gasteiger partial charge is 0.224 e. The molecule has 1 aromatic carbocycles. The lowest BCUT2D eigenvalue weighted by Crippen LogP contribution is -2.33. The van der Waals surface area contributed by atoms with E-state index in [0.29, 0.717) is 24.6 Å². The van der Waals surface area contributed by atoms with Gasteiger partial charge in [-0.2, -0.15) is 5.26 Å². The summed E-state index contributed by atoms with van der Waals surface area (Å²) < 4.78 is 5.17. The molecular weight excluding hydrogens is 280 g/mol. The van der Waals surface area contributed by atoms with Crippen LogP contribution in [-0.4, -0.2) is 30.3 Å². The Morgan fingerprint density at radius 2 is 2.14 bits per heavy atom.